The summed E-state index contributed by atoms with van der Waals surface area (Å²) in [4.78, 5) is 11.6. The zero-order valence-electron chi connectivity index (χ0n) is 10.3. The summed E-state index contributed by atoms with van der Waals surface area (Å²) < 4.78 is 38.0. The molecule has 0 saturated carbocycles. The molecule has 0 bridgehead atoms. The highest BCUT2D eigenvalue weighted by Gasteiger charge is 2.54. The second-order valence-electron chi connectivity index (χ2n) is 4.61. The minimum Gasteiger partial charge on any atom is -0.286 e. The van der Waals surface area contributed by atoms with Gasteiger partial charge in [0, 0.05) is 5.02 Å². The van der Waals surface area contributed by atoms with E-state index in [-0.39, 0.29) is 11.6 Å². The third kappa shape index (κ3) is 3.61. The predicted octanol–water partition coefficient (Wildman–Crippen LogP) is 3.65. The van der Waals surface area contributed by atoms with Crippen molar-refractivity contribution in [3.63, 3.8) is 0 Å². The van der Waals surface area contributed by atoms with Gasteiger partial charge >= 0.3 is 6.18 Å². The molecule has 1 N–H and O–H groups in total. The Bertz CT molecular complexity index is 457. The first-order valence-electron chi connectivity index (χ1n) is 5.37. The fraction of sp³-hybridized carbons (Fsp3) is 0.417. The van der Waals surface area contributed by atoms with Crippen LogP contribution in [0.25, 0.3) is 0 Å². The van der Waals surface area contributed by atoms with Crippen LogP contribution in [0, 0.1) is 5.41 Å². The van der Waals surface area contributed by atoms with Crippen molar-refractivity contribution in [3.8, 4) is 0 Å². The van der Waals surface area contributed by atoms with Gasteiger partial charge in [-0.1, -0.05) is 23.7 Å². The molecule has 1 aromatic carbocycles. The standard InChI is InChI=1S/C12H13ClF3NO2/c1-11(2,12(14,15)16)10(18)17(19)7-8-3-5-9(13)6-4-8/h3-6,19H,7H2,1-2H3. The smallest absolute Gasteiger partial charge is 0.286 e. The van der Waals surface area contributed by atoms with E-state index in [9.17, 15) is 23.2 Å². The summed E-state index contributed by atoms with van der Waals surface area (Å²) in [6.07, 6.45) is -4.73. The van der Waals surface area contributed by atoms with Crippen molar-refractivity contribution < 1.29 is 23.2 Å². The van der Waals surface area contributed by atoms with E-state index in [1.807, 2.05) is 0 Å². The van der Waals surface area contributed by atoms with Crippen molar-refractivity contribution >= 4 is 17.5 Å². The van der Waals surface area contributed by atoms with Gasteiger partial charge in [-0.2, -0.15) is 13.2 Å². The minimum absolute atomic E-state index is 0.0662. The Morgan fingerprint density at radius 1 is 1.26 bits per heavy atom. The quantitative estimate of drug-likeness (QED) is 0.683. The highest BCUT2D eigenvalue weighted by atomic mass is 35.5. The van der Waals surface area contributed by atoms with Crippen molar-refractivity contribution in [2.75, 3.05) is 0 Å². The van der Waals surface area contributed by atoms with E-state index in [1.165, 1.54) is 24.3 Å². The fourth-order valence-electron chi connectivity index (χ4n) is 1.28. The van der Waals surface area contributed by atoms with Crippen LogP contribution >= 0.6 is 11.6 Å². The second-order valence-corrected chi connectivity index (χ2v) is 5.05. The minimum atomic E-state index is -4.73. The average molecular weight is 296 g/mol. The molecule has 0 spiro atoms. The molecule has 0 radical (unpaired) electrons. The topological polar surface area (TPSA) is 40.5 Å². The maximum atomic E-state index is 12.7. The number of hydrogen-bond acceptors (Lipinski definition) is 2. The summed E-state index contributed by atoms with van der Waals surface area (Å²) in [5.74, 6) is -1.41. The Morgan fingerprint density at radius 2 is 1.74 bits per heavy atom. The van der Waals surface area contributed by atoms with Crippen LogP contribution in [0.4, 0.5) is 13.2 Å². The number of hydrogen-bond donors (Lipinski definition) is 1. The first kappa shape index (κ1) is 15.8. The Balaban J connectivity index is 2.81. The molecular formula is C12H13ClF3NO2. The summed E-state index contributed by atoms with van der Waals surface area (Å²) in [7, 11) is 0. The molecule has 0 aliphatic carbocycles. The van der Waals surface area contributed by atoms with Crippen LogP contribution in [0.5, 0.6) is 0 Å². The number of halogens is 4. The average Bonchev–Trinajstić information content (AvgIpc) is 2.29. The molecule has 0 saturated heterocycles. The van der Waals surface area contributed by atoms with Gasteiger partial charge in [-0.3, -0.25) is 10.0 Å². The molecule has 1 amide bonds. The zero-order valence-corrected chi connectivity index (χ0v) is 11.1. The van der Waals surface area contributed by atoms with Crippen LogP contribution in [-0.2, 0) is 11.3 Å². The lowest BCUT2D eigenvalue weighted by Crippen LogP contribution is -2.47. The van der Waals surface area contributed by atoms with E-state index < -0.39 is 17.5 Å². The zero-order chi connectivity index (χ0) is 14.8. The van der Waals surface area contributed by atoms with Crippen LogP contribution in [0.15, 0.2) is 24.3 Å². The monoisotopic (exact) mass is 295 g/mol. The third-order valence-corrected chi connectivity index (χ3v) is 2.98. The molecule has 0 aliphatic rings. The summed E-state index contributed by atoms with van der Waals surface area (Å²) in [5.41, 5.74) is -2.17. The summed E-state index contributed by atoms with van der Waals surface area (Å²) in [6.45, 7) is 1.11. The Labute approximate surface area is 113 Å². The molecule has 0 atom stereocenters. The van der Waals surface area contributed by atoms with Gasteiger partial charge in [0.05, 0.1) is 6.54 Å². The van der Waals surface area contributed by atoms with Crippen LogP contribution < -0.4 is 0 Å². The van der Waals surface area contributed by atoms with Crippen LogP contribution in [0.2, 0.25) is 5.02 Å². The van der Waals surface area contributed by atoms with Crippen molar-refractivity contribution in [2.45, 2.75) is 26.6 Å². The summed E-state index contributed by atoms with van der Waals surface area (Å²) in [5, 5.41) is 10.0. The van der Waals surface area contributed by atoms with Gasteiger partial charge in [-0.05, 0) is 31.5 Å². The van der Waals surface area contributed by atoms with E-state index in [4.69, 9.17) is 11.6 Å². The van der Waals surface area contributed by atoms with Gasteiger partial charge in [0.15, 0.2) is 0 Å². The molecule has 3 nitrogen and oxygen atoms in total. The largest absolute Gasteiger partial charge is 0.402 e. The lowest BCUT2D eigenvalue weighted by molar-refractivity contribution is -0.234. The number of alkyl halides is 3. The van der Waals surface area contributed by atoms with Crippen molar-refractivity contribution in [2.24, 2.45) is 5.41 Å². The first-order chi connectivity index (χ1) is 8.55. The number of benzene rings is 1. The first-order valence-corrected chi connectivity index (χ1v) is 5.75. The van der Waals surface area contributed by atoms with Crippen LogP contribution in [0.3, 0.4) is 0 Å². The molecule has 19 heavy (non-hydrogen) atoms. The van der Waals surface area contributed by atoms with Crippen molar-refractivity contribution in [1.82, 2.24) is 5.06 Å². The third-order valence-electron chi connectivity index (χ3n) is 2.72. The van der Waals surface area contributed by atoms with E-state index in [0.29, 0.717) is 10.6 Å². The summed E-state index contributed by atoms with van der Waals surface area (Å²) >= 11 is 5.65. The van der Waals surface area contributed by atoms with Crippen molar-refractivity contribution in [3.05, 3.63) is 34.9 Å². The number of hydroxylamine groups is 2. The van der Waals surface area contributed by atoms with Gasteiger partial charge in [-0.25, -0.2) is 5.06 Å². The molecule has 0 unspecified atom stereocenters. The molecule has 0 aliphatic heterocycles. The highest BCUT2D eigenvalue weighted by Crippen LogP contribution is 2.38. The number of carbonyl (C=O) groups is 1. The maximum absolute atomic E-state index is 12.7. The van der Waals surface area contributed by atoms with Crippen molar-refractivity contribution in [1.29, 1.82) is 0 Å². The molecule has 106 valence electrons. The molecular weight excluding hydrogens is 283 g/mol. The predicted molar refractivity (Wildman–Crippen MR) is 63.6 cm³/mol. The lowest BCUT2D eigenvalue weighted by Gasteiger charge is -2.29. The van der Waals surface area contributed by atoms with E-state index in [0.717, 1.165) is 13.8 Å². The van der Waals surface area contributed by atoms with E-state index in [1.54, 1.807) is 0 Å². The number of rotatable bonds is 3. The summed E-state index contributed by atoms with van der Waals surface area (Å²) in [6, 6.07) is 6.06. The Morgan fingerprint density at radius 3 is 2.16 bits per heavy atom. The van der Waals surface area contributed by atoms with Crippen LogP contribution in [0.1, 0.15) is 19.4 Å². The molecule has 7 heteroatoms. The molecule has 1 rings (SSSR count). The van der Waals surface area contributed by atoms with Gasteiger partial charge in [-0.15, -0.1) is 0 Å². The maximum Gasteiger partial charge on any atom is 0.402 e. The van der Waals surface area contributed by atoms with E-state index in [2.05, 4.69) is 0 Å². The Kier molecular flexibility index (Phi) is 4.47. The second kappa shape index (κ2) is 5.38. The van der Waals surface area contributed by atoms with Gasteiger partial charge in [0.1, 0.15) is 5.41 Å². The van der Waals surface area contributed by atoms with Crippen LogP contribution in [-0.4, -0.2) is 22.4 Å². The highest BCUT2D eigenvalue weighted by molar-refractivity contribution is 6.30. The van der Waals surface area contributed by atoms with E-state index >= 15 is 0 Å². The normalized spacial score (nSPS) is 12.4. The number of carbonyl (C=O) groups excluding carboxylic acids is 1. The Hall–Kier alpha value is -1.27. The number of amides is 1. The fourth-order valence-corrected chi connectivity index (χ4v) is 1.40. The van der Waals surface area contributed by atoms with Gasteiger partial charge < -0.3 is 0 Å². The molecule has 0 heterocycles. The SMILES string of the molecule is CC(C)(C(=O)N(O)Cc1ccc(Cl)cc1)C(F)(F)F. The van der Waals surface area contributed by atoms with Gasteiger partial charge in [0.25, 0.3) is 5.91 Å². The molecule has 0 aromatic heterocycles. The lowest BCUT2D eigenvalue weighted by atomic mass is 9.91. The molecule has 0 fully saturated rings. The molecule has 1 aromatic rings. The number of nitrogens with zero attached hydrogens (tertiary/aromatic N) is 1. The van der Waals surface area contributed by atoms with Gasteiger partial charge in [0.2, 0.25) is 0 Å².